The van der Waals surface area contributed by atoms with Crippen LogP contribution in [0.15, 0.2) is 59.0 Å². The fraction of sp³-hybridized carbons (Fsp3) is 0.422. The van der Waals surface area contributed by atoms with Gasteiger partial charge in [-0.3, -0.25) is 19.2 Å². The Morgan fingerprint density at radius 2 is 1.01 bits per heavy atom. The minimum absolute atomic E-state index is 0.0340. The molecule has 0 spiro atoms. The molecular weight excluding hydrogens is 885 g/mol. The van der Waals surface area contributed by atoms with Crippen LogP contribution in [0.1, 0.15) is 71.7 Å². The van der Waals surface area contributed by atoms with Crippen LogP contribution in [0.2, 0.25) is 0 Å². The van der Waals surface area contributed by atoms with Crippen molar-refractivity contribution >= 4 is 47.8 Å². The first-order valence-corrected chi connectivity index (χ1v) is 21.0. The number of carboxylic acids is 2. The van der Waals surface area contributed by atoms with Gasteiger partial charge < -0.3 is 80.4 Å². The number of hydrogen-bond donors (Lipinski definition) is 12. The summed E-state index contributed by atoms with van der Waals surface area (Å²) in [6, 6.07) is 0. The fourth-order valence-electron chi connectivity index (χ4n) is 8.28. The maximum absolute atomic E-state index is 13.3. The lowest BCUT2D eigenvalue weighted by atomic mass is 9.98. The van der Waals surface area contributed by atoms with Crippen molar-refractivity contribution in [2.45, 2.75) is 121 Å². The number of amides is 2. The quantitative estimate of drug-likeness (QED) is 0.0920. The maximum Gasteiger partial charge on any atom is 0.335 e. The number of carbonyl (C=O) groups is 6. The Balaban J connectivity index is 1.35. The molecule has 0 aliphatic carbocycles. The number of carboxylic acid groups (broad SMARTS) is 2. The van der Waals surface area contributed by atoms with E-state index in [4.69, 9.17) is 18.9 Å². The zero-order valence-electron chi connectivity index (χ0n) is 36.7. The van der Waals surface area contributed by atoms with Crippen LogP contribution in [0.4, 0.5) is 0 Å². The second-order valence-electron chi connectivity index (χ2n) is 16.4. The van der Waals surface area contributed by atoms with Gasteiger partial charge in [0.25, 0.3) is 11.8 Å². The molecule has 10 unspecified atom stereocenters. The van der Waals surface area contributed by atoms with Gasteiger partial charge in [0.2, 0.25) is 12.6 Å². The number of aliphatic hydroxyl groups is 6. The smallest absolute Gasteiger partial charge is 0.335 e. The van der Waals surface area contributed by atoms with E-state index in [1.807, 2.05) is 0 Å². The third-order valence-corrected chi connectivity index (χ3v) is 12.2. The molecule has 22 nitrogen and oxygen atoms in total. The number of aliphatic carboxylic acids is 2. The van der Waals surface area contributed by atoms with Crippen LogP contribution in [-0.2, 0) is 67.0 Å². The number of esters is 2. The van der Waals surface area contributed by atoms with Gasteiger partial charge in [-0.05, 0) is 80.5 Å². The van der Waals surface area contributed by atoms with Crippen molar-refractivity contribution in [1.82, 2.24) is 20.6 Å². The third kappa shape index (κ3) is 10.1. The molecule has 2 aromatic rings. The van der Waals surface area contributed by atoms with Crippen LogP contribution >= 0.6 is 0 Å². The van der Waals surface area contributed by atoms with Crippen LogP contribution in [0.25, 0.3) is 12.2 Å². The molecule has 10 atom stereocenters. The number of aromatic nitrogens is 2. The largest absolute Gasteiger partial charge is 0.479 e. The molecule has 6 rings (SSSR count). The minimum Gasteiger partial charge on any atom is -0.479 e. The van der Waals surface area contributed by atoms with Crippen molar-refractivity contribution in [3.8, 4) is 0 Å². The van der Waals surface area contributed by atoms with Crippen molar-refractivity contribution < 1.29 is 88.6 Å². The highest BCUT2D eigenvalue weighted by atomic mass is 16.7. The number of nitrogens with one attached hydrogen (secondary N) is 4. The van der Waals surface area contributed by atoms with E-state index in [1.165, 1.54) is 12.2 Å². The summed E-state index contributed by atoms with van der Waals surface area (Å²) in [5.74, 6) is -5.96. The predicted octanol–water partition coefficient (Wildman–Crippen LogP) is -0.767. The summed E-state index contributed by atoms with van der Waals surface area (Å²) in [6.07, 6.45) is -14.3. The lowest BCUT2D eigenvalue weighted by Crippen LogP contribution is -2.60. The van der Waals surface area contributed by atoms with E-state index in [1.54, 1.807) is 39.8 Å². The van der Waals surface area contributed by atoms with E-state index in [0.29, 0.717) is 78.7 Å². The van der Waals surface area contributed by atoms with Crippen molar-refractivity contribution in [2.75, 3.05) is 0 Å². The van der Waals surface area contributed by atoms with Crippen LogP contribution in [-0.4, -0.2) is 148 Å². The van der Waals surface area contributed by atoms with E-state index in [-0.39, 0.29) is 43.9 Å². The molecule has 22 heteroatoms. The van der Waals surface area contributed by atoms with E-state index >= 15 is 0 Å². The standard InChI is InChI=1S/C45H52N4O18/c1-7-20-19(6)40(58)49-27(20)14-25-18(5)23(10-12-31(51)65-45-37(57)33(53)35(55)39(67-45)43(62)63)29(47-25)15-28-22(17(4)24(46-28)13-26-16(3)21(8-2)41(59)48-26)9-11-30(50)64-44-36(56)32(52)34(54)38(66-44)42(60)61/h7-8,13-14,32-39,44-47,52-57H,1-2,9-12,15H2,3-6H3,(H,48,59)(H,49,58)(H,60,61)(H,62,63)/b26-13-,27-14-. The summed E-state index contributed by atoms with van der Waals surface area (Å²) in [5.41, 5.74) is 7.33. The number of carbonyl (C=O) groups excluding carboxylic acids is 4. The summed E-state index contributed by atoms with van der Waals surface area (Å²) >= 11 is 0. The second kappa shape index (κ2) is 20.2. The average molecular weight is 937 g/mol. The topological polar surface area (TPSA) is 357 Å². The summed E-state index contributed by atoms with van der Waals surface area (Å²) < 4.78 is 20.8. The Hall–Kier alpha value is -6.50. The maximum atomic E-state index is 13.3. The van der Waals surface area contributed by atoms with Gasteiger partial charge in [-0.2, -0.15) is 0 Å². The van der Waals surface area contributed by atoms with Gasteiger partial charge in [0, 0.05) is 64.5 Å². The van der Waals surface area contributed by atoms with Crippen molar-refractivity contribution in [3.63, 3.8) is 0 Å². The minimum atomic E-state index is -2.01. The molecule has 0 aromatic carbocycles. The first-order valence-electron chi connectivity index (χ1n) is 21.0. The Bertz CT molecular complexity index is 2530. The lowest BCUT2D eigenvalue weighted by Gasteiger charge is -2.37. The Kier molecular flexibility index (Phi) is 15.0. The molecule has 4 aliphatic rings. The highest BCUT2D eigenvalue weighted by Gasteiger charge is 2.50. The molecule has 360 valence electrons. The second-order valence-corrected chi connectivity index (χ2v) is 16.4. The molecule has 2 aromatic heterocycles. The number of allylic oxidation sites excluding steroid dienone is 2. The van der Waals surface area contributed by atoms with E-state index in [9.17, 15) is 69.6 Å². The molecule has 0 saturated carbocycles. The molecular formula is C45H52N4O18. The molecule has 2 amide bonds. The van der Waals surface area contributed by atoms with E-state index < -0.39 is 85.3 Å². The van der Waals surface area contributed by atoms with Crippen LogP contribution in [0, 0.1) is 13.8 Å². The monoisotopic (exact) mass is 936 g/mol. The van der Waals surface area contributed by atoms with Gasteiger partial charge >= 0.3 is 23.9 Å². The summed E-state index contributed by atoms with van der Waals surface area (Å²) in [5, 5.41) is 86.0. The van der Waals surface area contributed by atoms with E-state index in [2.05, 4.69) is 33.8 Å². The number of rotatable bonds is 16. The third-order valence-electron chi connectivity index (χ3n) is 12.2. The number of aromatic amines is 2. The van der Waals surface area contributed by atoms with Gasteiger partial charge in [0.15, 0.2) is 12.2 Å². The molecule has 67 heavy (non-hydrogen) atoms. The number of hydrogen-bond acceptors (Lipinski definition) is 16. The number of H-pyrrole nitrogens is 2. The SMILES string of the molecule is C=CC1=C(C)/C(=C/c2[nH]c(Cc3[nH]c(/C=C4\NC(=O)C(C)=C4C=C)c(C)c3CCC(=O)OC3OC(C(=O)O)C(O)C(O)C3O)c(CCC(=O)OC3OC(C(=O)O)C(O)C(O)C3O)c2C)NC1=O. The van der Waals surface area contributed by atoms with Crippen molar-refractivity contribution in [1.29, 1.82) is 0 Å². The molecule has 0 radical (unpaired) electrons. The molecule has 6 heterocycles. The van der Waals surface area contributed by atoms with Gasteiger partial charge in [0.1, 0.15) is 36.6 Å². The highest BCUT2D eigenvalue weighted by Crippen LogP contribution is 2.33. The zero-order chi connectivity index (χ0) is 49.3. The summed E-state index contributed by atoms with van der Waals surface area (Å²) in [6.45, 7) is 14.4. The van der Waals surface area contributed by atoms with Crippen LogP contribution < -0.4 is 10.6 Å². The van der Waals surface area contributed by atoms with Crippen LogP contribution in [0.5, 0.6) is 0 Å². The van der Waals surface area contributed by atoms with Crippen molar-refractivity contribution in [2.24, 2.45) is 0 Å². The predicted molar refractivity (Wildman–Crippen MR) is 229 cm³/mol. The molecule has 4 aliphatic heterocycles. The van der Waals surface area contributed by atoms with Gasteiger partial charge in [-0.1, -0.05) is 25.3 Å². The summed E-state index contributed by atoms with van der Waals surface area (Å²) in [7, 11) is 0. The molecule has 2 saturated heterocycles. The number of ether oxygens (including phenoxy) is 4. The number of aliphatic hydroxyl groups excluding tert-OH is 6. The Morgan fingerprint density at radius 1 is 0.597 bits per heavy atom. The highest BCUT2D eigenvalue weighted by molar-refractivity contribution is 6.03. The molecule has 12 N–H and O–H groups in total. The summed E-state index contributed by atoms with van der Waals surface area (Å²) in [4.78, 5) is 81.9. The first-order chi connectivity index (χ1) is 31.6. The van der Waals surface area contributed by atoms with Gasteiger partial charge in [-0.25, -0.2) is 9.59 Å². The fourth-order valence-corrected chi connectivity index (χ4v) is 8.28. The lowest BCUT2D eigenvalue weighted by molar-refractivity contribution is -0.286. The van der Waals surface area contributed by atoms with Gasteiger partial charge in [0.05, 0.1) is 5.70 Å². The van der Waals surface area contributed by atoms with E-state index in [0.717, 1.165) is 0 Å². The van der Waals surface area contributed by atoms with Crippen molar-refractivity contribution in [3.05, 3.63) is 104 Å². The molecule has 0 bridgehead atoms. The van der Waals surface area contributed by atoms with Crippen LogP contribution in [0.3, 0.4) is 0 Å². The molecule has 2 fully saturated rings. The normalized spacial score (nSPS) is 28.7. The zero-order valence-corrected chi connectivity index (χ0v) is 36.7. The van der Waals surface area contributed by atoms with Gasteiger partial charge in [-0.15, -0.1) is 0 Å². The Labute approximate surface area is 381 Å². The average Bonchev–Trinajstić information content (AvgIpc) is 3.93. The Morgan fingerprint density at radius 3 is 1.42 bits per heavy atom. The first kappa shape index (κ1) is 49.9.